The number of rotatable bonds is 6. The van der Waals surface area contributed by atoms with Gasteiger partial charge >= 0.3 is 0 Å². The molecular weight excluding hydrogens is 278 g/mol. The molecule has 0 saturated carbocycles. The molecule has 0 aliphatic rings. The Bertz CT molecular complexity index is 647. The molecule has 0 aliphatic heterocycles. The fourth-order valence-corrected chi connectivity index (χ4v) is 2.24. The number of aromatic nitrogens is 2. The lowest BCUT2D eigenvalue weighted by Crippen LogP contribution is -2.27. The standard InChI is InChI=1S/C17H23N3O2/c1-5-15-14(6-7-16(19-15)11(2)3)17(21)18-9-8-13-10-12(4)20-22-13/h6-7,10-11H,5,8-9H2,1-4H3,(H,18,21). The third kappa shape index (κ3) is 3.93. The van der Waals surface area contributed by atoms with Crippen LogP contribution in [0.25, 0.3) is 0 Å². The van der Waals surface area contributed by atoms with Gasteiger partial charge in [0.25, 0.3) is 5.91 Å². The number of pyridine rings is 1. The second kappa shape index (κ2) is 7.20. The third-order valence-electron chi connectivity index (χ3n) is 3.50. The van der Waals surface area contributed by atoms with Crippen molar-refractivity contribution in [1.82, 2.24) is 15.5 Å². The third-order valence-corrected chi connectivity index (χ3v) is 3.50. The van der Waals surface area contributed by atoms with Crippen LogP contribution in [0.2, 0.25) is 0 Å². The summed E-state index contributed by atoms with van der Waals surface area (Å²) < 4.78 is 5.13. The maximum Gasteiger partial charge on any atom is 0.253 e. The molecule has 2 aromatic rings. The molecule has 2 rings (SSSR count). The molecule has 0 fully saturated rings. The lowest BCUT2D eigenvalue weighted by atomic mass is 10.1. The first-order valence-electron chi connectivity index (χ1n) is 7.71. The van der Waals surface area contributed by atoms with Crippen molar-refractivity contribution in [2.75, 3.05) is 6.54 Å². The molecule has 118 valence electrons. The number of hydrogen-bond donors (Lipinski definition) is 1. The maximum atomic E-state index is 12.3. The quantitative estimate of drug-likeness (QED) is 0.890. The number of carbonyl (C=O) groups is 1. The molecule has 0 spiro atoms. The summed E-state index contributed by atoms with van der Waals surface area (Å²) in [5.41, 5.74) is 3.37. The van der Waals surface area contributed by atoms with Crippen LogP contribution in [0.5, 0.6) is 0 Å². The fraction of sp³-hybridized carbons (Fsp3) is 0.471. The smallest absolute Gasteiger partial charge is 0.253 e. The Morgan fingerprint density at radius 3 is 2.73 bits per heavy atom. The first-order valence-corrected chi connectivity index (χ1v) is 7.71. The van der Waals surface area contributed by atoms with E-state index in [1.807, 2.05) is 32.0 Å². The van der Waals surface area contributed by atoms with Crippen molar-refractivity contribution < 1.29 is 9.32 Å². The Balaban J connectivity index is 1.99. The SMILES string of the molecule is CCc1nc(C(C)C)ccc1C(=O)NCCc1cc(C)no1. The van der Waals surface area contributed by atoms with Gasteiger partial charge in [-0.2, -0.15) is 0 Å². The highest BCUT2D eigenvalue weighted by Gasteiger charge is 2.13. The van der Waals surface area contributed by atoms with Crippen LogP contribution in [0, 0.1) is 6.92 Å². The summed E-state index contributed by atoms with van der Waals surface area (Å²) in [4.78, 5) is 16.9. The monoisotopic (exact) mass is 301 g/mol. The molecule has 0 radical (unpaired) electrons. The summed E-state index contributed by atoms with van der Waals surface area (Å²) in [7, 11) is 0. The van der Waals surface area contributed by atoms with Crippen LogP contribution in [0.4, 0.5) is 0 Å². The van der Waals surface area contributed by atoms with E-state index in [1.54, 1.807) is 0 Å². The molecule has 0 unspecified atom stereocenters. The van der Waals surface area contributed by atoms with E-state index in [0.717, 1.165) is 29.3 Å². The number of carbonyl (C=O) groups excluding carboxylic acids is 1. The van der Waals surface area contributed by atoms with Gasteiger partial charge in [-0.15, -0.1) is 0 Å². The summed E-state index contributed by atoms with van der Waals surface area (Å²) >= 11 is 0. The van der Waals surface area contributed by atoms with Gasteiger partial charge in [0, 0.05) is 24.7 Å². The molecule has 0 aromatic carbocycles. The average molecular weight is 301 g/mol. The van der Waals surface area contributed by atoms with Crippen molar-refractivity contribution in [3.05, 3.63) is 46.6 Å². The summed E-state index contributed by atoms with van der Waals surface area (Å²) in [5, 5.41) is 6.74. The Kier molecular flexibility index (Phi) is 5.31. The molecule has 5 heteroatoms. The van der Waals surface area contributed by atoms with E-state index in [9.17, 15) is 4.79 Å². The minimum absolute atomic E-state index is 0.0871. The van der Waals surface area contributed by atoms with Gasteiger partial charge in [0.1, 0.15) is 5.76 Å². The van der Waals surface area contributed by atoms with Gasteiger partial charge in [-0.25, -0.2) is 0 Å². The Morgan fingerprint density at radius 1 is 1.36 bits per heavy atom. The summed E-state index contributed by atoms with van der Waals surface area (Å²) in [6.45, 7) is 8.60. The van der Waals surface area contributed by atoms with Crippen LogP contribution in [-0.2, 0) is 12.8 Å². The van der Waals surface area contributed by atoms with Gasteiger partial charge in [0.05, 0.1) is 17.0 Å². The number of nitrogens with zero attached hydrogens (tertiary/aromatic N) is 2. The average Bonchev–Trinajstić information content (AvgIpc) is 2.91. The highest BCUT2D eigenvalue weighted by Crippen LogP contribution is 2.15. The largest absolute Gasteiger partial charge is 0.361 e. The van der Waals surface area contributed by atoms with Crippen molar-refractivity contribution >= 4 is 5.91 Å². The summed E-state index contributed by atoms with van der Waals surface area (Å²) in [6.07, 6.45) is 1.37. The minimum atomic E-state index is -0.0871. The Morgan fingerprint density at radius 2 is 2.14 bits per heavy atom. The van der Waals surface area contributed by atoms with Crippen LogP contribution in [0.3, 0.4) is 0 Å². The van der Waals surface area contributed by atoms with E-state index in [4.69, 9.17) is 4.52 Å². The first kappa shape index (κ1) is 16.2. The van der Waals surface area contributed by atoms with Crippen LogP contribution in [-0.4, -0.2) is 22.6 Å². The number of aryl methyl sites for hydroxylation is 2. The lowest BCUT2D eigenvalue weighted by Gasteiger charge is -2.11. The van der Waals surface area contributed by atoms with E-state index in [-0.39, 0.29) is 5.91 Å². The van der Waals surface area contributed by atoms with Crippen molar-refractivity contribution in [3.8, 4) is 0 Å². The van der Waals surface area contributed by atoms with Gasteiger partial charge in [-0.3, -0.25) is 9.78 Å². The highest BCUT2D eigenvalue weighted by molar-refractivity contribution is 5.95. The number of amides is 1. The Labute approximate surface area is 131 Å². The molecule has 0 atom stereocenters. The second-order valence-corrected chi connectivity index (χ2v) is 5.68. The predicted octanol–water partition coefficient (Wildman–Crippen LogP) is 3.04. The van der Waals surface area contributed by atoms with E-state index >= 15 is 0 Å². The van der Waals surface area contributed by atoms with Crippen LogP contribution < -0.4 is 5.32 Å². The van der Waals surface area contributed by atoms with Crippen LogP contribution in [0.1, 0.15) is 59.9 Å². The van der Waals surface area contributed by atoms with Gasteiger partial charge in [-0.05, 0) is 31.4 Å². The topological polar surface area (TPSA) is 68.0 Å². The number of hydrogen-bond acceptors (Lipinski definition) is 4. The van der Waals surface area contributed by atoms with Crippen molar-refractivity contribution in [2.24, 2.45) is 0 Å². The molecule has 2 aromatic heterocycles. The zero-order chi connectivity index (χ0) is 16.1. The van der Waals surface area contributed by atoms with E-state index in [2.05, 4.69) is 29.3 Å². The van der Waals surface area contributed by atoms with Crippen LogP contribution >= 0.6 is 0 Å². The summed E-state index contributed by atoms with van der Waals surface area (Å²) in [5.74, 6) is 1.05. The van der Waals surface area contributed by atoms with E-state index in [1.165, 1.54) is 0 Å². The van der Waals surface area contributed by atoms with Crippen LogP contribution in [0.15, 0.2) is 22.7 Å². The zero-order valence-corrected chi connectivity index (χ0v) is 13.6. The predicted molar refractivity (Wildman–Crippen MR) is 85.0 cm³/mol. The number of nitrogens with one attached hydrogen (secondary N) is 1. The van der Waals surface area contributed by atoms with Gasteiger partial charge in [0.15, 0.2) is 0 Å². The summed E-state index contributed by atoms with van der Waals surface area (Å²) in [6, 6.07) is 5.68. The molecule has 0 saturated heterocycles. The molecule has 0 aliphatic carbocycles. The fourth-order valence-electron chi connectivity index (χ4n) is 2.24. The molecule has 0 bridgehead atoms. The van der Waals surface area contributed by atoms with E-state index in [0.29, 0.717) is 24.4 Å². The minimum Gasteiger partial charge on any atom is -0.361 e. The van der Waals surface area contributed by atoms with Gasteiger partial charge < -0.3 is 9.84 Å². The molecule has 5 nitrogen and oxygen atoms in total. The van der Waals surface area contributed by atoms with Crippen molar-refractivity contribution in [3.63, 3.8) is 0 Å². The second-order valence-electron chi connectivity index (χ2n) is 5.68. The first-order chi connectivity index (χ1) is 10.5. The van der Waals surface area contributed by atoms with Gasteiger partial charge in [0.2, 0.25) is 0 Å². The molecule has 1 N–H and O–H groups in total. The normalized spacial score (nSPS) is 11.0. The van der Waals surface area contributed by atoms with E-state index < -0.39 is 0 Å². The van der Waals surface area contributed by atoms with Crippen molar-refractivity contribution in [2.45, 2.75) is 46.5 Å². The highest BCUT2D eigenvalue weighted by atomic mass is 16.5. The molecule has 2 heterocycles. The van der Waals surface area contributed by atoms with Gasteiger partial charge in [-0.1, -0.05) is 25.9 Å². The molecule has 1 amide bonds. The molecular formula is C17H23N3O2. The Hall–Kier alpha value is -2.17. The maximum absolute atomic E-state index is 12.3. The van der Waals surface area contributed by atoms with Crippen molar-refractivity contribution in [1.29, 1.82) is 0 Å². The lowest BCUT2D eigenvalue weighted by molar-refractivity contribution is 0.0952. The zero-order valence-electron chi connectivity index (χ0n) is 13.6. The molecule has 22 heavy (non-hydrogen) atoms.